The van der Waals surface area contributed by atoms with Gasteiger partial charge in [-0.05, 0) is 38.3 Å². The highest BCUT2D eigenvalue weighted by Gasteiger charge is 2.28. The van der Waals surface area contributed by atoms with E-state index in [1.165, 1.54) is 0 Å². The first kappa shape index (κ1) is 18.2. The molecule has 26 heavy (non-hydrogen) atoms. The zero-order valence-corrected chi connectivity index (χ0v) is 16.0. The molecule has 3 rings (SSSR count). The molecule has 1 fully saturated rings. The quantitative estimate of drug-likeness (QED) is 0.910. The lowest BCUT2D eigenvalue weighted by Gasteiger charge is -2.35. The number of likely N-dealkylation sites (tertiary alicyclic amines) is 1. The fourth-order valence-electron chi connectivity index (χ4n) is 3.69. The van der Waals surface area contributed by atoms with Gasteiger partial charge in [-0.15, -0.1) is 0 Å². The molecule has 1 atom stereocenters. The SMILES string of the molecule is CC(=O)N1CCCC[C@H]1c1ccc(C(=O)NCc2cnn(C)c2C)n1C. The molecule has 1 saturated heterocycles. The Kier molecular flexibility index (Phi) is 5.15. The molecule has 1 aliphatic heterocycles. The molecule has 1 N–H and O–H groups in total. The molecule has 7 nitrogen and oxygen atoms in total. The van der Waals surface area contributed by atoms with Crippen molar-refractivity contribution in [3.8, 4) is 0 Å². The molecule has 0 aromatic carbocycles. The highest BCUT2D eigenvalue weighted by molar-refractivity contribution is 5.92. The number of carbonyl (C=O) groups excluding carboxylic acids is 2. The lowest BCUT2D eigenvalue weighted by atomic mass is 9.99. The molecular formula is C19H27N5O2. The molecule has 0 aliphatic carbocycles. The van der Waals surface area contributed by atoms with Crippen LogP contribution in [0, 0.1) is 6.92 Å². The Morgan fingerprint density at radius 1 is 1.27 bits per heavy atom. The minimum atomic E-state index is -0.118. The van der Waals surface area contributed by atoms with Crippen molar-refractivity contribution in [1.82, 2.24) is 24.6 Å². The monoisotopic (exact) mass is 357 g/mol. The van der Waals surface area contributed by atoms with Crippen molar-refractivity contribution in [3.05, 3.63) is 41.0 Å². The molecule has 3 heterocycles. The maximum absolute atomic E-state index is 12.6. The molecule has 0 spiro atoms. The van der Waals surface area contributed by atoms with E-state index in [-0.39, 0.29) is 17.9 Å². The molecular weight excluding hydrogens is 330 g/mol. The predicted octanol–water partition coefficient (Wildman–Crippen LogP) is 2.07. The van der Waals surface area contributed by atoms with Gasteiger partial charge in [-0.2, -0.15) is 5.10 Å². The number of rotatable bonds is 4. The van der Waals surface area contributed by atoms with Gasteiger partial charge in [0, 0.05) is 51.1 Å². The Labute approximate surface area is 154 Å². The van der Waals surface area contributed by atoms with Crippen LogP contribution in [0.2, 0.25) is 0 Å². The maximum Gasteiger partial charge on any atom is 0.268 e. The second kappa shape index (κ2) is 7.35. The van der Waals surface area contributed by atoms with Crippen molar-refractivity contribution in [3.63, 3.8) is 0 Å². The van der Waals surface area contributed by atoms with Crippen LogP contribution < -0.4 is 5.32 Å². The van der Waals surface area contributed by atoms with E-state index in [1.54, 1.807) is 17.8 Å². The van der Waals surface area contributed by atoms with Crippen LogP contribution in [0.4, 0.5) is 0 Å². The first-order chi connectivity index (χ1) is 12.4. The van der Waals surface area contributed by atoms with Gasteiger partial charge in [-0.25, -0.2) is 0 Å². The van der Waals surface area contributed by atoms with E-state index in [0.29, 0.717) is 12.2 Å². The van der Waals surface area contributed by atoms with Crippen LogP contribution in [0.1, 0.15) is 59.7 Å². The van der Waals surface area contributed by atoms with E-state index in [4.69, 9.17) is 0 Å². The van der Waals surface area contributed by atoms with Gasteiger partial charge in [-0.3, -0.25) is 14.3 Å². The summed E-state index contributed by atoms with van der Waals surface area (Å²) in [5.41, 5.74) is 3.67. The van der Waals surface area contributed by atoms with E-state index in [2.05, 4.69) is 10.4 Å². The second-order valence-corrected chi connectivity index (χ2v) is 6.99. The number of hydrogen-bond acceptors (Lipinski definition) is 3. The standard InChI is InChI=1S/C19H27N5O2/c1-13-15(12-21-23(13)4)11-20-19(26)18-9-8-16(22(18)3)17-7-5-6-10-24(17)14(2)25/h8-9,12,17H,5-7,10-11H2,1-4H3,(H,20,26)/t17-/m0/s1. The Balaban J connectivity index is 1.74. The van der Waals surface area contributed by atoms with Crippen molar-refractivity contribution in [2.45, 2.75) is 45.7 Å². The van der Waals surface area contributed by atoms with Gasteiger partial charge < -0.3 is 14.8 Å². The number of carbonyl (C=O) groups is 2. The Hall–Kier alpha value is -2.57. The summed E-state index contributed by atoms with van der Waals surface area (Å²) in [5.74, 6) is -0.0267. The zero-order chi connectivity index (χ0) is 18.8. The van der Waals surface area contributed by atoms with Gasteiger partial charge in [0.05, 0.1) is 12.2 Å². The van der Waals surface area contributed by atoms with Crippen LogP contribution in [0.15, 0.2) is 18.3 Å². The second-order valence-electron chi connectivity index (χ2n) is 6.99. The normalized spacial score (nSPS) is 17.4. The van der Waals surface area contributed by atoms with Gasteiger partial charge in [0.15, 0.2) is 0 Å². The Morgan fingerprint density at radius 2 is 2.04 bits per heavy atom. The van der Waals surface area contributed by atoms with Crippen LogP contribution in [0.5, 0.6) is 0 Å². The highest BCUT2D eigenvalue weighted by atomic mass is 16.2. The number of piperidine rings is 1. The largest absolute Gasteiger partial charge is 0.347 e. The summed E-state index contributed by atoms with van der Waals surface area (Å²) in [6.45, 7) is 4.83. The van der Waals surface area contributed by atoms with Crippen LogP contribution in [0.25, 0.3) is 0 Å². The Morgan fingerprint density at radius 3 is 2.69 bits per heavy atom. The summed E-state index contributed by atoms with van der Waals surface area (Å²) in [7, 11) is 3.78. The fraction of sp³-hybridized carbons (Fsp3) is 0.526. The van der Waals surface area contributed by atoms with Crippen LogP contribution in [-0.4, -0.2) is 37.6 Å². The number of hydrogen-bond donors (Lipinski definition) is 1. The number of nitrogens with one attached hydrogen (secondary N) is 1. The summed E-state index contributed by atoms with van der Waals surface area (Å²) in [4.78, 5) is 26.5. The summed E-state index contributed by atoms with van der Waals surface area (Å²) in [5, 5.41) is 7.16. The smallest absolute Gasteiger partial charge is 0.268 e. The third-order valence-electron chi connectivity index (χ3n) is 5.42. The lowest BCUT2D eigenvalue weighted by Crippen LogP contribution is -2.38. The number of nitrogens with zero attached hydrogens (tertiary/aromatic N) is 4. The number of amides is 2. The molecule has 2 aromatic heterocycles. The van der Waals surface area contributed by atoms with Gasteiger partial charge >= 0.3 is 0 Å². The Bertz CT molecular complexity index is 820. The van der Waals surface area contributed by atoms with Gasteiger partial charge in [0.1, 0.15) is 5.69 Å². The molecule has 2 amide bonds. The van der Waals surface area contributed by atoms with E-state index in [1.807, 2.05) is 42.6 Å². The summed E-state index contributed by atoms with van der Waals surface area (Å²) >= 11 is 0. The van der Waals surface area contributed by atoms with Crippen LogP contribution >= 0.6 is 0 Å². The van der Waals surface area contributed by atoms with Crippen molar-refractivity contribution < 1.29 is 9.59 Å². The summed E-state index contributed by atoms with van der Waals surface area (Å²) in [6, 6.07) is 3.86. The van der Waals surface area contributed by atoms with Crippen molar-refractivity contribution in [2.24, 2.45) is 14.1 Å². The third-order valence-corrected chi connectivity index (χ3v) is 5.42. The molecule has 0 saturated carbocycles. The summed E-state index contributed by atoms with van der Waals surface area (Å²) < 4.78 is 3.71. The van der Waals surface area contributed by atoms with Crippen molar-refractivity contribution in [2.75, 3.05) is 6.54 Å². The lowest BCUT2D eigenvalue weighted by molar-refractivity contribution is -0.132. The highest BCUT2D eigenvalue weighted by Crippen LogP contribution is 2.31. The molecule has 2 aromatic rings. The topological polar surface area (TPSA) is 72.2 Å². The van der Waals surface area contributed by atoms with E-state index < -0.39 is 0 Å². The maximum atomic E-state index is 12.6. The number of aromatic nitrogens is 3. The molecule has 0 bridgehead atoms. The molecule has 0 unspecified atom stereocenters. The van der Waals surface area contributed by atoms with E-state index in [9.17, 15) is 9.59 Å². The fourth-order valence-corrected chi connectivity index (χ4v) is 3.69. The summed E-state index contributed by atoms with van der Waals surface area (Å²) in [6.07, 6.45) is 4.85. The van der Waals surface area contributed by atoms with Gasteiger partial charge in [-0.1, -0.05) is 0 Å². The molecule has 7 heteroatoms. The zero-order valence-electron chi connectivity index (χ0n) is 16.0. The minimum absolute atomic E-state index is 0.0494. The van der Waals surface area contributed by atoms with Gasteiger partial charge in [0.2, 0.25) is 5.91 Å². The van der Waals surface area contributed by atoms with Gasteiger partial charge in [0.25, 0.3) is 5.91 Å². The minimum Gasteiger partial charge on any atom is -0.347 e. The average Bonchev–Trinajstić information content (AvgIpc) is 3.16. The van der Waals surface area contributed by atoms with Crippen LogP contribution in [0.3, 0.4) is 0 Å². The van der Waals surface area contributed by atoms with Crippen molar-refractivity contribution >= 4 is 11.8 Å². The first-order valence-electron chi connectivity index (χ1n) is 9.08. The van der Waals surface area contributed by atoms with E-state index in [0.717, 1.165) is 42.8 Å². The van der Waals surface area contributed by atoms with Crippen LogP contribution in [-0.2, 0) is 25.4 Å². The van der Waals surface area contributed by atoms with E-state index >= 15 is 0 Å². The first-order valence-corrected chi connectivity index (χ1v) is 9.08. The molecule has 1 aliphatic rings. The molecule has 0 radical (unpaired) electrons. The van der Waals surface area contributed by atoms with Crippen molar-refractivity contribution in [1.29, 1.82) is 0 Å². The average molecular weight is 357 g/mol. The third kappa shape index (κ3) is 3.38. The molecule has 140 valence electrons. The predicted molar refractivity (Wildman–Crippen MR) is 98.5 cm³/mol. The number of aryl methyl sites for hydroxylation is 1.